The van der Waals surface area contributed by atoms with Crippen LogP contribution in [0.25, 0.3) is 17.0 Å². The molecule has 0 aliphatic carbocycles. The molecule has 2 aromatic heterocycles. The Bertz CT molecular complexity index is 1080. The average Bonchev–Trinajstić information content (AvgIpc) is 3.40. The van der Waals surface area contributed by atoms with Crippen molar-refractivity contribution in [1.29, 1.82) is 0 Å². The third-order valence-electron chi connectivity index (χ3n) is 6.00. The van der Waals surface area contributed by atoms with E-state index in [-0.39, 0.29) is 28.6 Å². The molecule has 144 valence electrons. The summed E-state index contributed by atoms with van der Waals surface area (Å²) in [6.45, 7) is 2.84. The van der Waals surface area contributed by atoms with Crippen molar-refractivity contribution in [2.75, 3.05) is 19.6 Å². The number of hydrogen-bond acceptors (Lipinski definition) is 5. The van der Waals surface area contributed by atoms with Crippen molar-refractivity contribution in [3.63, 3.8) is 0 Å². The average molecular weight is 378 g/mol. The number of fused-ring (bicyclic) bond motifs is 2. The van der Waals surface area contributed by atoms with Gasteiger partial charge in [-0.05, 0) is 38.8 Å². The number of aromatic nitrogens is 4. The summed E-state index contributed by atoms with van der Waals surface area (Å²) in [6.07, 6.45) is 4.61. The van der Waals surface area contributed by atoms with Crippen LogP contribution in [0.4, 0.5) is 0 Å². The predicted octanol–water partition coefficient (Wildman–Crippen LogP) is 1.44. The Kier molecular flexibility index (Phi) is 4.01. The number of benzene rings is 1. The smallest absolute Gasteiger partial charge is 0.288 e. The SMILES string of the molecule is O=C(NCC12CCCN1CCC2)c1nc2nc(-c3ccccc3)cc(=O)n2[nH]1. The van der Waals surface area contributed by atoms with Crippen molar-refractivity contribution in [2.24, 2.45) is 0 Å². The summed E-state index contributed by atoms with van der Waals surface area (Å²) in [5, 5.41) is 5.79. The van der Waals surface area contributed by atoms with Gasteiger partial charge in [-0.25, -0.2) is 4.98 Å². The Morgan fingerprint density at radius 1 is 1.14 bits per heavy atom. The van der Waals surface area contributed by atoms with Crippen LogP contribution in [0.3, 0.4) is 0 Å². The fourth-order valence-corrected chi connectivity index (χ4v) is 4.58. The first kappa shape index (κ1) is 17.1. The van der Waals surface area contributed by atoms with Gasteiger partial charge in [0.05, 0.1) is 5.69 Å². The quantitative estimate of drug-likeness (QED) is 0.716. The molecular formula is C20H22N6O2. The van der Waals surface area contributed by atoms with Crippen LogP contribution in [0.5, 0.6) is 0 Å². The maximum atomic E-state index is 12.7. The molecule has 0 atom stereocenters. The maximum absolute atomic E-state index is 12.7. The van der Waals surface area contributed by atoms with E-state index < -0.39 is 0 Å². The van der Waals surface area contributed by atoms with Gasteiger partial charge in [-0.1, -0.05) is 30.3 Å². The highest BCUT2D eigenvalue weighted by molar-refractivity contribution is 5.90. The largest absolute Gasteiger partial charge is 0.347 e. The van der Waals surface area contributed by atoms with E-state index in [0.29, 0.717) is 12.2 Å². The molecule has 0 unspecified atom stereocenters. The van der Waals surface area contributed by atoms with Crippen molar-refractivity contribution in [2.45, 2.75) is 31.2 Å². The van der Waals surface area contributed by atoms with E-state index >= 15 is 0 Å². The lowest BCUT2D eigenvalue weighted by molar-refractivity contribution is 0.0909. The molecule has 2 saturated heterocycles. The molecule has 1 amide bonds. The molecular weight excluding hydrogens is 356 g/mol. The fourth-order valence-electron chi connectivity index (χ4n) is 4.58. The van der Waals surface area contributed by atoms with E-state index in [1.165, 1.54) is 23.4 Å². The van der Waals surface area contributed by atoms with Crippen molar-refractivity contribution in [3.05, 3.63) is 52.6 Å². The van der Waals surface area contributed by atoms with Crippen molar-refractivity contribution >= 4 is 11.7 Å². The lowest BCUT2D eigenvalue weighted by Gasteiger charge is -2.32. The standard InChI is InChI=1S/C20H22N6O2/c27-16-12-15(14-6-2-1-3-7-14)22-19-23-17(24-26(16)19)18(28)21-13-20-8-4-10-25(20)11-5-9-20/h1-3,6-7,12H,4-5,8-11,13H2,(H,21,28)(H,22,23,24). The number of nitrogens with zero attached hydrogens (tertiary/aromatic N) is 4. The topological polar surface area (TPSA) is 95.4 Å². The summed E-state index contributed by atoms with van der Waals surface area (Å²) < 4.78 is 1.21. The van der Waals surface area contributed by atoms with E-state index in [2.05, 4.69) is 25.3 Å². The molecule has 2 aliphatic heterocycles. The number of nitrogens with one attached hydrogen (secondary N) is 2. The second-order valence-electron chi connectivity index (χ2n) is 7.65. The molecule has 0 saturated carbocycles. The summed E-state index contributed by atoms with van der Waals surface area (Å²) in [6, 6.07) is 10.9. The minimum atomic E-state index is -0.306. The van der Waals surface area contributed by atoms with E-state index in [1.807, 2.05) is 30.3 Å². The normalized spacial score (nSPS) is 18.4. The van der Waals surface area contributed by atoms with Crippen molar-refractivity contribution in [1.82, 2.24) is 29.8 Å². The van der Waals surface area contributed by atoms with Gasteiger partial charge in [-0.15, -0.1) is 0 Å². The second-order valence-corrected chi connectivity index (χ2v) is 7.65. The van der Waals surface area contributed by atoms with Crippen LogP contribution in [-0.2, 0) is 0 Å². The highest BCUT2D eigenvalue weighted by Gasteiger charge is 2.44. The van der Waals surface area contributed by atoms with Crippen LogP contribution >= 0.6 is 0 Å². The third-order valence-corrected chi connectivity index (χ3v) is 6.00. The molecule has 0 radical (unpaired) electrons. The molecule has 5 rings (SSSR count). The first-order valence-electron chi connectivity index (χ1n) is 9.73. The fraction of sp³-hybridized carbons (Fsp3) is 0.400. The van der Waals surface area contributed by atoms with Crippen LogP contribution in [0.15, 0.2) is 41.2 Å². The summed E-state index contributed by atoms with van der Waals surface area (Å²) in [5.41, 5.74) is 1.16. The van der Waals surface area contributed by atoms with Crippen LogP contribution in [-0.4, -0.2) is 55.6 Å². The number of H-pyrrole nitrogens is 1. The number of aromatic amines is 1. The monoisotopic (exact) mass is 378 g/mol. The van der Waals surface area contributed by atoms with Gasteiger partial charge in [0.1, 0.15) is 0 Å². The van der Waals surface area contributed by atoms with Crippen LogP contribution in [0.1, 0.15) is 36.3 Å². The van der Waals surface area contributed by atoms with Gasteiger partial charge in [0.15, 0.2) is 0 Å². The molecule has 4 heterocycles. The molecule has 1 aromatic carbocycles. The Morgan fingerprint density at radius 3 is 2.64 bits per heavy atom. The van der Waals surface area contributed by atoms with E-state index in [0.717, 1.165) is 31.5 Å². The zero-order valence-corrected chi connectivity index (χ0v) is 15.5. The summed E-state index contributed by atoms with van der Waals surface area (Å²) in [7, 11) is 0. The lowest BCUT2D eigenvalue weighted by atomic mass is 9.94. The minimum Gasteiger partial charge on any atom is -0.347 e. The molecule has 0 bridgehead atoms. The number of rotatable bonds is 4. The molecule has 3 aromatic rings. The first-order chi connectivity index (χ1) is 13.6. The number of carbonyl (C=O) groups excluding carboxylic acids is 1. The van der Waals surface area contributed by atoms with Crippen LogP contribution in [0, 0.1) is 0 Å². The molecule has 2 aliphatic rings. The highest BCUT2D eigenvalue weighted by atomic mass is 16.2. The second kappa shape index (κ2) is 6.56. The van der Waals surface area contributed by atoms with Gasteiger partial charge in [0.25, 0.3) is 17.2 Å². The third kappa shape index (κ3) is 2.80. The molecule has 2 fully saturated rings. The minimum absolute atomic E-state index is 0.0945. The lowest BCUT2D eigenvalue weighted by Crippen LogP contribution is -2.48. The summed E-state index contributed by atoms with van der Waals surface area (Å²) >= 11 is 0. The molecule has 8 nitrogen and oxygen atoms in total. The molecule has 28 heavy (non-hydrogen) atoms. The van der Waals surface area contributed by atoms with Gasteiger partial charge >= 0.3 is 0 Å². The van der Waals surface area contributed by atoms with Crippen LogP contribution < -0.4 is 10.9 Å². The number of amides is 1. The van der Waals surface area contributed by atoms with Crippen LogP contribution in [0.2, 0.25) is 0 Å². The summed E-state index contributed by atoms with van der Waals surface area (Å²) in [4.78, 5) is 36.3. The number of hydrogen-bond donors (Lipinski definition) is 2. The van der Waals surface area contributed by atoms with Gasteiger partial charge in [0.2, 0.25) is 5.82 Å². The van der Waals surface area contributed by atoms with Gasteiger partial charge in [0, 0.05) is 23.7 Å². The Labute approximate surface area is 161 Å². The number of carbonyl (C=O) groups is 1. The van der Waals surface area contributed by atoms with E-state index in [1.54, 1.807) is 0 Å². The molecule has 0 spiro atoms. The van der Waals surface area contributed by atoms with Gasteiger partial charge in [-0.3, -0.25) is 19.6 Å². The molecule has 2 N–H and O–H groups in total. The van der Waals surface area contributed by atoms with Crippen molar-refractivity contribution < 1.29 is 4.79 Å². The van der Waals surface area contributed by atoms with Gasteiger partial charge in [-0.2, -0.15) is 9.50 Å². The summed E-state index contributed by atoms with van der Waals surface area (Å²) in [5.74, 6) is -0.00827. The van der Waals surface area contributed by atoms with E-state index in [4.69, 9.17) is 0 Å². The molecule has 8 heteroatoms. The first-order valence-corrected chi connectivity index (χ1v) is 9.73. The van der Waals surface area contributed by atoms with Gasteiger partial charge < -0.3 is 5.32 Å². The zero-order valence-electron chi connectivity index (χ0n) is 15.5. The Balaban J connectivity index is 1.39. The van der Waals surface area contributed by atoms with E-state index in [9.17, 15) is 9.59 Å². The highest BCUT2D eigenvalue weighted by Crippen LogP contribution is 2.38. The van der Waals surface area contributed by atoms with Crippen molar-refractivity contribution in [3.8, 4) is 11.3 Å². The Morgan fingerprint density at radius 2 is 1.89 bits per heavy atom. The predicted molar refractivity (Wildman–Crippen MR) is 104 cm³/mol. The Hall–Kier alpha value is -3.00. The maximum Gasteiger partial charge on any atom is 0.288 e. The zero-order chi connectivity index (χ0) is 19.1.